The van der Waals surface area contributed by atoms with Gasteiger partial charge in [-0.25, -0.2) is 8.93 Å². The van der Waals surface area contributed by atoms with Crippen LogP contribution in [0.2, 0.25) is 5.04 Å². The van der Waals surface area contributed by atoms with E-state index in [2.05, 4.69) is 110 Å². The van der Waals surface area contributed by atoms with Gasteiger partial charge in [-0.2, -0.15) is 0 Å². The third-order valence-corrected chi connectivity index (χ3v) is 14.2. The van der Waals surface area contributed by atoms with E-state index in [1.807, 2.05) is 26.8 Å². The van der Waals surface area contributed by atoms with Crippen molar-refractivity contribution in [2.45, 2.75) is 70.2 Å². The molecule has 0 radical (unpaired) electrons. The summed E-state index contributed by atoms with van der Waals surface area (Å²) in [5.41, 5.74) is 1.21. The van der Waals surface area contributed by atoms with E-state index in [9.17, 15) is 4.21 Å². The molecule has 0 aromatic heterocycles. The maximum Gasteiger partial charge on any atom is 0.261 e. The van der Waals surface area contributed by atoms with Gasteiger partial charge in [-0.15, -0.1) is 0 Å². The first kappa shape index (κ1) is 28.0. The second-order valence-electron chi connectivity index (χ2n) is 12.4. The quantitative estimate of drug-likeness (QED) is 0.307. The first-order valence-corrected chi connectivity index (χ1v) is 16.6. The molecule has 1 saturated carbocycles. The normalized spacial score (nSPS) is 19.8. The number of benzene rings is 3. The Labute approximate surface area is 227 Å². The van der Waals surface area contributed by atoms with Crippen LogP contribution >= 0.6 is 0 Å². The maximum atomic E-state index is 13.0. The van der Waals surface area contributed by atoms with Crippen LogP contribution in [0.1, 0.15) is 66.0 Å². The van der Waals surface area contributed by atoms with Crippen LogP contribution in [0.15, 0.2) is 91.0 Å². The van der Waals surface area contributed by atoms with Crippen molar-refractivity contribution in [1.82, 2.24) is 4.72 Å². The highest BCUT2D eigenvalue weighted by Crippen LogP contribution is 2.46. The Morgan fingerprint density at radius 3 is 1.76 bits per heavy atom. The minimum Gasteiger partial charge on any atom is -0.407 e. The van der Waals surface area contributed by atoms with E-state index in [4.69, 9.17) is 4.43 Å². The Morgan fingerprint density at radius 2 is 1.30 bits per heavy atom. The second-order valence-corrected chi connectivity index (χ2v) is 18.7. The highest BCUT2D eigenvalue weighted by Gasteiger charge is 2.51. The van der Waals surface area contributed by atoms with E-state index in [0.29, 0.717) is 11.8 Å². The van der Waals surface area contributed by atoms with Gasteiger partial charge in [0.25, 0.3) is 8.32 Å². The molecule has 37 heavy (non-hydrogen) atoms. The van der Waals surface area contributed by atoms with E-state index < -0.39 is 19.3 Å². The third-order valence-electron chi connectivity index (χ3n) is 7.55. The van der Waals surface area contributed by atoms with Gasteiger partial charge in [0.1, 0.15) is 0 Å². The average molecular weight is 534 g/mol. The third kappa shape index (κ3) is 6.51. The van der Waals surface area contributed by atoms with Crippen LogP contribution in [-0.2, 0) is 15.4 Å². The summed E-state index contributed by atoms with van der Waals surface area (Å²) in [6.45, 7) is 13.8. The molecule has 5 heteroatoms. The topological polar surface area (TPSA) is 38.3 Å². The zero-order valence-corrected chi connectivity index (χ0v) is 25.1. The highest BCUT2D eigenvalue weighted by atomic mass is 32.2. The number of nitrogens with one attached hydrogen (secondary N) is 1. The predicted molar refractivity (Wildman–Crippen MR) is 160 cm³/mol. The lowest BCUT2D eigenvalue weighted by molar-refractivity contribution is 0.271. The van der Waals surface area contributed by atoms with Gasteiger partial charge in [-0.1, -0.05) is 112 Å². The molecule has 0 amide bonds. The van der Waals surface area contributed by atoms with Crippen molar-refractivity contribution in [3.8, 4) is 0 Å². The van der Waals surface area contributed by atoms with Crippen molar-refractivity contribution in [2.24, 2.45) is 11.8 Å². The van der Waals surface area contributed by atoms with Gasteiger partial charge in [0.05, 0.1) is 15.7 Å². The largest absolute Gasteiger partial charge is 0.407 e. The van der Waals surface area contributed by atoms with Crippen molar-refractivity contribution >= 4 is 29.7 Å². The first-order chi connectivity index (χ1) is 17.5. The number of hydrogen-bond acceptors (Lipinski definition) is 2. The van der Waals surface area contributed by atoms with Crippen LogP contribution in [0.5, 0.6) is 0 Å². The predicted octanol–water partition coefficient (Wildman–Crippen LogP) is 6.38. The second kappa shape index (κ2) is 11.4. The monoisotopic (exact) mass is 533 g/mol. The molecule has 4 atom stereocenters. The van der Waals surface area contributed by atoms with Crippen molar-refractivity contribution in [3.05, 3.63) is 96.6 Å². The van der Waals surface area contributed by atoms with E-state index >= 15 is 0 Å². The first-order valence-electron chi connectivity index (χ1n) is 13.5. The summed E-state index contributed by atoms with van der Waals surface area (Å²) in [6, 6.07) is 32.3. The Morgan fingerprint density at radius 1 is 0.811 bits per heavy atom. The van der Waals surface area contributed by atoms with Gasteiger partial charge in [0.2, 0.25) is 0 Å². The van der Waals surface area contributed by atoms with Crippen LogP contribution in [0, 0.1) is 11.8 Å². The molecular weight excluding hydrogens is 491 g/mol. The summed E-state index contributed by atoms with van der Waals surface area (Å²) in [6.07, 6.45) is 2.13. The highest BCUT2D eigenvalue weighted by molar-refractivity contribution is 7.84. The molecule has 0 spiro atoms. The molecule has 0 unspecified atom stereocenters. The number of rotatable bonds is 10. The molecule has 0 saturated heterocycles. The minimum atomic E-state index is -2.52. The van der Waals surface area contributed by atoms with Crippen LogP contribution in [0.3, 0.4) is 0 Å². The molecule has 3 nitrogen and oxygen atoms in total. The van der Waals surface area contributed by atoms with Gasteiger partial charge in [-0.05, 0) is 66.4 Å². The molecule has 4 rings (SSSR count). The Hall–Kier alpha value is -2.05. The van der Waals surface area contributed by atoms with Gasteiger partial charge in [-0.3, -0.25) is 0 Å². The molecule has 1 N–H and O–H groups in total. The SMILES string of the molecule is CC(C)(C)[S@](=O)N[C@@H](C[C@@H]1C[C@@H]1CO[Si](c1ccccc1)(c1ccccc1)C(C)(C)C)c1ccccc1. The van der Waals surface area contributed by atoms with Crippen LogP contribution < -0.4 is 15.1 Å². The maximum absolute atomic E-state index is 13.0. The van der Waals surface area contributed by atoms with Gasteiger partial charge >= 0.3 is 0 Å². The zero-order valence-electron chi connectivity index (χ0n) is 23.2. The summed E-state index contributed by atoms with van der Waals surface area (Å²) in [5.74, 6) is 1.09. The lowest BCUT2D eigenvalue weighted by atomic mass is 10.0. The molecule has 1 fully saturated rings. The molecule has 198 valence electrons. The lowest BCUT2D eigenvalue weighted by Gasteiger charge is -2.43. The van der Waals surface area contributed by atoms with Crippen molar-refractivity contribution in [2.75, 3.05) is 6.61 Å². The van der Waals surface area contributed by atoms with Gasteiger partial charge in [0.15, 0.2) is 0 Å². The van der Waals surface area contributed by atoms with Gasteiger partial charge in [0, 0.05) is 12.6 Å². The van der Waals surface area contributed by atoms with Crippen LogP contribution in [0.4, 0.5) is 0 Å². The molecular formula is C32H43NO2SSi. The van der Waals surface area contributed by atoms with E-state index in [0.717, 1.165) is 19.4 Å². The standard InChI is InChI=1S/C32H43NO2SSi/c1-31(2,3)36(34)33-30(25-16-10-7-11-17-25)23-26-22-27(26)24-35-37(32(4,5)6,28-18-12-8-13-19-28)29-20-14-9-15-21-29/h7-21,26-27,30,33H,22-24H2,1-6H3/t26-,27+,30-,36-/m0/s1. The van der Waals surface area contributed by atoms with E-state index in [1.165, 1.54) is 15.9 Å². The lowest BCUT2D eigenvalue weighted by Crippen LogP contribution is -2.66. The summed E-state index contributed by atoms with van der Waals surface area (Å²) in [4.78, 5) is 0. The summed E-state index contributed by atoms with van der Waals surface area (Å²) in [5, 5.41) is 2.64. The zero-order chi connectivity index (χ0) is 26.7. The van der Waals surface area contributed by atoms with Crippen molar-refractivity contribution in [3.63, 3.8) is 0 Å². The fraction of sp³-hybridized carbons (Fsp3) is 0.438. The molecule has 1 aliphatic rings. The van der Waals surface area contributed by atoms with Crippen LogP contribution in [-0.4, -0.2) is 23.9 Å². The molecule has 0 heterocycles. The fourth-order valence-corrected chi connectivity index (χ4v) is 10.8. The van der Waals surface area contributed by atoms with Crippen LogP contribution in [0.25, 0.3) is 0 Å². The smallest absolute Gasteiger partial charge is 0.261 e. The molecule has 3 aromatic carbocycles. The van der Waals surface area contributed by atoms with E-state index in [-0.39, 0.29) is 15.8 Å². The van der Waals surface area contributed by atoms with E-state index in [1.54, 1.807) is 0 Å². The van der Waals surface area contributed by atoms with Gasteiger partial charge < -0.3 is 4.43 Å². The minimum absolute atomic E-state index is 0.0160. The summed E-state index contributed by atoms with van der Waals surface area (Å²) in [7, 11) is -3.64. The summed E-state index contributed by atoms with van der Waals surface area (Å²) >= 11 is 0. The molecule has 3 aromatic rings. The van der Waals surface area contributed by atoms with Crippen molar-refractivity contribution < 1.29 is 8.63 Å². The Kier molecular flexibility index (Phi) is 8.59. The molecule has 0 bridgehead atoms. The summed E-state index contributed by atoms with van der Waals surface area (Å²) < 4.78 is 23.3. The number of hydrogen-bond donors (Lipinski definition) is 1. The fourth-order valence-electron chi connectivity index (χ4n) is 5.34. The Balaban J connectivity index is 1.53. The average Bonchev–Trinajstić information content (AvgIpc) is 3.62. The Bertz CT molecular complexity index is 1120. The molecule has 1 aliphatic carbocycles. The van der Waals surface area contributed by atoms with Crippen molar-refractivity contribution in [1.29, 1.82) is 0 Å². The molecule has 0 aliphatic heterocycles.